The van der Waals surface area contributed by atoms with Crippen molar-refractivity contribution in [3.63, 3.8) is 0 Å². The fraction of sp³-hybridized carbons (Fsp3) is 0. The molecule has 0 atom stereocenters. The van der Waals surface area contributed by atoms with Crippen LogP contribution in [0.5, 0.6) is 0 Å². The van der Waals surface area contributed by atoms with E-state index < -0.39 is 0 Å². The van der Waals surface area contributed by atoms with E-state index in [0.29, 0.717) is 0 Å². The summed E-state index contributed by atoms with van der Waals surface area (Å²) < 4.78 is 0. The number of hydrogen-bond acceptors (Lipinski definition) is 1. The van der Waals surface area contributed by atoms with Crippen LogP contribution in [-0.2, 0) is 0 Å². The first-order valence-corrected chi connectivity index (χ1v) is 19.7. The summed E-state index contributed by atoms with van der Waals surface area (Å²) in [5.41, 5.74) is 10.7. The molecule has 0 aliphatic heterocycles. The van der Waals surface area contributed by atoms with E-state index in [0.717, 1.165) is 17.1 Å². The molecule has 0 saturated carbocycles. The smallest absolute Gasteiger partial charge is 0.0540 e. The van der Waals surface area contributed by atoms with Crippen molar-refractivity contribution in [2.75, 3.05) is 4.90 Å². The normalized spacial score (nSPS) is 11.5. The van der Waals surface area contributed by atoms with Crippen molar-refractivity contribution in [2.45, 2.75) is 0 Å². The Balaban J connectivity index is 1.26. The third-order valence-corrected chi connectivity index (χ3v) is 11.6. The van der Waals surface area contributed by atoms with Crippen LogP contribution in [0.25, 0.3) is 87.2 Å². The van der Waals surface area contributed by atoms with Gasteiger partial charge in [-0.05, 0) is 101 Å². The summed E-state index contributed by atoms with van der Waals surface area (Å²) in [7, 11) is 0. The molecule has 0 fully saturated rings. The average Bonchev–Trinajstić information content (AvgIpc) is 3.29. The molecule has 0 amide bonds. The molecule has 0 heterocycles. The Bertz CT molecular complexity index is 3280. The van der Waals surface area contributed by atoms with Gasteiger partial charge in [-0.25, -0.2) is 0 Å². The first-order chi connectivity index (χ1) is 28.3. The minimum Gasteiger partial charge on any atom is -0.309 e. The van der Waals surface area contributed by atoms with Gasteiger partial charge in [0.05, 0.1) is 11.4 Å². The molecule has 0 radical (unpaired) electrons. The van der Waals surface area contributed by atoms with Crippen LogP contribution >= 0.6 is 0 Å². The SMILES string of the molecule is c1ccc(-c2ccc(N(c3ccc4c(c3)c(-c3ccccc3)c(-c3ccccc3)c3ccccc34)c3cccc4c3ccc3ccccc34)c3ccccc23)cc1. The predicted octanol–water partition coefficient (Wildman–Crippen LogP) is 15.9. The molecule has 57 heavy (non-hydrogen) atoms. The summed E-state index contributed by atoms with van der Waals surface area (Å²) in [6.07, 6.45) is 0. The number of hydrogen-bond donors (Lipinski definition) is 0. The zero-order chi connectivity index (χ0) is 37.7. The van der Waals surface area contributed by atoms with Crippen LogP contribution in [0.1, 0.15) is 0 Å². The maximum atomic E-state index is 2.50. The average molecular weight is 724 g/mol. The van der Waals surface area contributed by atoms with Crippen molar-refractivity contribution in [3.05, 3.63) is 224 Å². The van der Waals surface area contributed by atoms with E-state index in [1.165, 1.54) is 87.2 Å². The number of fused-ring (bicyclic) bond motifs is 7. The van der Waals surface area contributed by atoms with Gasteiger partial charge in [0, 0.05) is 16.5 Å². The van der Waals surface area contributed by atoms with Crippen molar-refractivity contribution in [2.24, 2.45) is 0 Å². The predicted molar refractivity (Wildman–Crippen MR) is 245 cm³/mol. The Labute approximate surface area is 332 Å². The molecule has 0 N–H and O–H groups in total. The molecular weight excluding hydrogens is 687 g/mol. The molecule has 11 rings (SSSR count). The van der Waals surface area contributed by atoms with E-state index in [1.807, 2.05) is 0 Å². The van der Waals surface area contributed by atoms with Crippen molar-refractivity contribution in [1.29, 1.82) is 0 Å². The zero-order valence-corrected chi connectivity index (χ0v) is 31.3. The lowest BCUT2D eigenvalue weighted by atomic mass is 9.85. The van der Waals surface area contributed by atoms with E-state index in [4.69, 9.17) is 0 Å². The minimum atomic E-state index is 1.10. The standard InChI is InChI=1S/C56H37N/c1-4-17-38(18-5-1)44-35-36-54(49-27-14-12-25-45(44)49)57(53-30-16-29-46-43-24-11-10-19-39(43)31-33-50(46)53)42-32-34-48-47-26-13-15-28-51(47)55(40-20-6-2-7-21-40)56(52(48)37-42)41-22-8-3-9-23-41/h1-37H. The van der Waals surface area contributed by atoms with E-state index in [-0.39, 0.29) is 0 Å². The Kier molecular flexibility index (Phi) is 7.89. The first kappa shape index (κ1) is 32.9. The van der Waals surface area contributed by atoms with Gasteiger partial charge in [-0.2, -0.15) is 0 Å². The molecule has 0 bridgehead atoms. The number of nitrogens with zero attached hydrogens (tertiary/aromatic N) is 1. The highest BCUT2D eigenvalue weighted by atomic mass is 15.1. The lowest BCUT2D eigenvalue weighted by molar-refractivity contribution is 1.32. The van der Waals surface area contributed by atoms with Crippen LogP contribution in [-0.4, -0.2) is 0 Å². The van der Waals surface area contributed by atoms with Gasteiger partial charge in [-0.15, -0.1) is 0 Å². The molecule has 0 saturated heterocycles. The molecule has 0 aliphatic rings. The molecule has 0 aromatic heterocycles. The Morgan fingerprint density at radius 3 is 1.44 bits per heavy atom. The molecule has 11 aromatic carbocycles. The molecular formula is C56H37N. The maximum absolute atomic E-state index is 2.50. The van der Waals surface area contributed by atoms with E-state index >= 15 is 0 Å². The van der Waals surface area contributed by atoms with Crippen molar-refractivity contribution in [1.82, 2.24) is 0 Å². The summed E-state index contributed by atoms with van der Waals surface area (Å²) in [5, 5.41) is 12.3. The highest BCUT2D eigenvalue weighted by Gasteiger charge is 2.23. The van der Waals surface area contributed by atoms with Gasteiger partial charge in [-0.3, -0.25) is 0 Å². The summed E-state index contributed by atoms with van der Waals surface area (Å²) in [6, 6.07) is 82.1. The van der Waals surface area contributed by atoms with Gasteiger partial charge in [0.1, 0.15) is 0 Å². The lowest BCUT2D eigenvalue weighted by Crippen LogP contribution is -2.11. The third kappa shape index (κ3) is 5.47. The highest BCUT2D eigenvalue weighted by molar-refractivity contribution is 6.23. The molecule has 0 unspecified atom stereocenters. The minimum absolute atomic E-state index is 1.10. The quantitative estimate of drug-likeness (QED) is 0.154. The fourth-order valence-electron chi connectivity index (χ4n) is 9.10. The second-order valence-electron chi connectivity index (χ2n) is 14.8. The molecule has 1 heteroatoms. The van der Waals surface area contributed by atoms with E-state index in [1.54, 1.807) is 0 Å². The monoisotopic (exact) mass is 723 g/mol. The molecule has 266 valence electrons. The van der Waals surface area contributed by atoms with Crippen LogP contribution in [0, 0.1) is 0 Å². The second kappa shape index (κ2) is 13.7. The Hall–Kier alpha value is -7.48. The van der Waals surface area contributed by atoms with E-state index in [9.17, 15) is 0 Å². The lowest BCUT2D eigenvalue weighted by Gasteiger charge is -2.30. The van der Waals surface area contributed by atoms with Gasteiger partial charge in [0.15, 0.2) is 0 Å². The molecule has 0 spiro atoms. The third-order valence-electron chi connectivity index (χ3n) is 11.6. The summed E-state index contributed by atoms with van der Waals surface area (Å²) in [6.45, 7) is 0. The van der Waals surface area contributed by atoms with Gasteiger partial charge >= 0.3 is 0 Å². The van der Waals surface area contributed by atoms with Crippen molar-refractivity contribution >= 4 is 70.9 Å². The van der Waals surface area contributed by atoms with Gasteiger partial charge in [-0.1, -0.05) is 200 Å². The summed E-state index contributed by atoms with van der Waals surface area (Å²) in [4.78, 5) is 2.50. The Morgan fingerprint density at radius 2 is 0.719 bits per heavy atom. The molecule has 0 aliphatic carbocycles. The summed E-state index contributed by atoms with van der Waals surface area (Å²) in [5.74, 6) is 0. The van der Waals surface area contributed by atoms with E-state index in [2.05, 4.69) is 229 Å². The van der Waals surface area contributed by atoms with Crippen LogP contribution < -0.4 is 4.90 Å². The first-order valence-electron chi connectivity index (χ1n) is 19.7. The molecule has 1 nitrogen and oxygen atoms in total. The van der Waals surface area contributed by atoms with Gasteiger partial charge in [0.2, 0.25) is 0 Å². The van der Waals surface area contributed by atoms with Crippen LogP contribution in [0.3, 0.4) is 0 Å². The van der Waals surface area contributed by atoms with Gasteiger partial charge in [0.25, 0.3) is 0 Å². The second-order valence-corrected chi connectivity index (χ2v) is 14.8. The van der Waals surface area contributed by atoms with Crippen LogP contribution in [0.15, 0.2) is 224 Å². The van der Waals surface area contributed by atoms with Crippen molar-refractivity contribution < 1.29 is 0 Å². The fourth-order valence-corrected chi connectivity index (χ4v) is 9.10. The Morgan fingerprint density at radius 1 is 0.246 bits per heavy atom. The molecule has 11 aromatic rings. The number of benzene rings is 11. The highest BCUT2D eigenvalue weighted by Crippen LogP contribution is 2.49. The van der Waals surface area contributed by atoms with Gasteiger partial charge < -0.3 is 4.90 Å². The van der Waals surface area contributed by atoms with Crippen LogP contribution in [0.2, 0.25) is 0 Å². The largest absolute Gasteiger partial charge is 0.309 e. The number of rotatable bonds is 6. The van der Waals surface area contributed by atoms with Crippen LogP contribution in [0.4, 0.5) is 17.1 Å². The zero-order valence-electron chi connectivity index (χ0n) is 31.3. The van der Waals surface area contributed by atoms with Crippen molar-refractivity contribution in [3.8, 4) is 33.4 Å². The maximum Gasteiger partial charge on any atom is 0.0540 e. The topological polar surface area (TPSA) is 3.24 Å². The number of anilines is 3. The summed E-state index contributed by atoms with van der Waals surface area (Å²) >= 11 is 0.